The Labute approximate surface area is 79.7 Å². The zero-order valence-corrected chi connectivity index (χ0v) is 8.14. The highest BCUT2D eigenvalue weighted by atomic mass is 16.2. The van der Waals surface area contributed by atoms with Gasteiger partial charge in [-0.15, -0.1) is 0 Å². The lowest BCUT2D eigenvalue weighted by Gasteiger charge is -2.06. The Hall–Kier alpha value is -1.25. The van der Waals surface area contributed by atoms with Crippen LogP contribution < -0.4 is 5.32 Å². The Morgan fingerprint density at radius 3 is 2.77 bits per heavy atom. The molecule has 0 spiro atoms. The van der Waals surface area contributed by atoms with Crippen LogP contribution in [0.4, 0.5) is 0 Å². The van der Waals surface area contributed by atoms with Crippen LogP contribution in [0.1, 0.15) is 32.6 Å². The van der Waals surface area contributed by atoms with Crippen molar-refractivity contribution in [3.05, 3.63) is 24.6 Å². The number of unbranched alkanes of at least 4 members (excludes halogenated alkanes) is 2. The SMILES string of the molecule is C=C(CCCC/C=C\O)NC(C)=N. The minimum absolute atomic E-state index is 0.431. The fourth-order valence-electron chi connectivity index (χ4n) is 1.00. The molecule has 0 saturated carbocycles. The largest absolute Gasteiger partial charge is 0.516 e. The zero-order chi connectivity index (χ0) is 10.1. The maximum atomic E-state index is 8.36. The normalized spacial score (nSPS) is 10.2. The number of rotatable bonds is 6. The molecule has 0 aromatic rings. The van der Waals surface area contributed by atoms with Gasteiger partial charge < -0.3 is 10.4 Å². The molecule has 13 heavy (non-hydrogen) atoms. The summed E-state index contributed by atoms with van der Waals surface area (Å²) < 4.78 is 0. The van der Waals surface area contributed by atoms with Gasteiger partial charge in [-0.1, -0.05) is 12.7 Å². The second kappa shape index (κ2) is 7.40. The third-order valence-electron chi connectivity index (χ3n) is 1.57. The van der Waals surface area contributed by atoms with E-state index < -0.39 is 0 Å². The van der Waals surface area contributed by atoms with Crippen molar-refractivity contribution in [2.24, 2.45) is 0 Å². The standard InChI is InChI=1S/C10H18N2O/c1-9(12-10(2)11)7-5-3-4-6-8-13/h6,8,13H,1,3-5,7H2,2H3,(H2,11,12)/b8-6-. The minimum atomic E-state index is 0.431. The van der Waals surface area contributed by atoms with Gasteiger partial charge >= 0.3 is 0 Å². The maximum absolute atomic E-state index is 8.36. The molecular formula is C10H18N2O. The first-order valence-corrected chi connectivity index (χ1v) is 4.46. The number of nitrogens with one attached hydrogen (secondary N) is 2. The van der Waals surface area contributed by atoms with Gasteiger partial charge in [0.1, 0.15) is 0 Å². The van der Waals surface area contributed by atoms with E-state index in [9.17, 15) is 0 Å². The van der Waals surface area contributed by atoms with E-state index in [1.54, 1.807) is 13.0 Å². The van der Waals surface area contributed by atoms with Gasteiger partial charge in [-0.25, -0.2) is 0 Å². The molecular weight excluding hydrogens is 164 g/mol. The van der Waals surface area contributed by atoms with Gasteiger partial charge in [-0.3, -0.25) is 5.41 Å². The molecule has 0 bridgehead atoms. The van der Waals surface area contributed by atoms with Crippen LogP contribution in [0.3, 0.4) is 0 Å². The van der Waals surface area contributed by atoms with Gasteiger partial charge in [0.15, 0.2) is 0 Å². The molecule has 0 aliphatic carbocycles. The van der Waals surface area contributed by atoms with E-state index in [2.05, 4.69) is 11.9 Å². The van der Waals surface area contributed by atoms with Crippen LogP contribution in [-0.2, 0) is 0 Å². The average molecular weight is 182 g/mol. The molecule has 0 aromatic carbocycles. The molecule has 0 radical (unpaired) electrons. The number of hydrogen-bond acceptors (Lipinski definition) is 2. The summed E-state index contributed by atoms with van der Waals surface area (Å²) >= 11 is 0. The first-order chi connectivity index (χ1) is 6.16. The van der Waals surface area contributed by atoms with Crippen molar-refractivity contribution >= 4 is 5.84 Å². The second-order valence-electron chi connectivity index (χ2n) is 2.98. The van der Waals surface area contributed by atoms with Crippen LogP contribution >= 0.6 is 0 Å². The van der Waals surface area contributed by atoms with Crippen LogP contribution in [0, 0.1) is 5.41 Å². The van der Waals surface area contributed by atoms with Crippen molar-refractivity contribution in [1.29, 1.82) is 5.41 Å². The van der Waals surface area contributed by atoms with Gasteiger partial charge in [-0.05, 0) is 32.6 Å². The van der Waals surface area contributed by atoms with Crippen molar-refractivity contribution in [1.82, 2.24) is 5.32 Å². The number of hydrogen-bond donors (Lipinski definition) is 3. The molecule has 0 aliphatic heterocycles. The minimum Gasteiger partial charge on any atom is -0.516 e. The van der Waals surface area contributed by atoms with Crippen molar-refractivity contribution in [3.8, 4) is 0 Å². The van der Waals surface area contributed by atoms with Crippen LogP contribution in [0.2, 0.25) is 0 Å². The molecule has 3 heteroatoms. The van der Waals surface area contributed by atoms with Gasteiger partial charge in [0.25, 0.3) is 0 Å². The lowest BCUT2D eigenvalue weighted by molar-refractivity contribution is 0.470. The molecule has 0 aliphatic rings. The van der Waals surface area contributed by atoms with Crippen LogP contribution in [-0.4, -0.2) is 10.9 Å². The van der Waals surface area contributed by atoms with Gasteiger partial charge in [0, 0.05) is 5.70 Å². The third-order valence-corrected chi connectivity index (χ3v) is 1.57. The van der Waals surface area contributed by atoms with Crippen LogP contribution in [0.5, 0.6) is 0 Å². The molecule has 3 nitrogen and oxygen atoms in total. The lowest BCUT2D eigenvalue weighted by Crippen LogP contribution is -2.17. The average Bonchev–Trinajstić information content (AvgIpc) is 2.02. The molecule has 74 valence electrons. The number of aliphatic hydroxyl groups excluding tert-OH is 1. The van der Waals surface area contributed by atoms with Gasteiger partial charge in [-0.2, -0.15) is 0 Å². The van der Waals surface area contributed by atoms with Crippen molar-refractivity contribution in [2.75, 3.05) is 0 Å². The molecule has 0 amide bonds. The predicted octanol–water partition coefficient (Wildman–Crippen LogP) is 2.72. The first-order valence-electron chi connectivity index (χ1n) is 4.46. The van der Waals surface area contributed by atoms with E-state index >= 15 is 0 Å². The molecule has 0 fully saturated rings. The second-order valence-corrected chi connectivity index (χ2v) is 2.98. The molecule has 0 unspecified atom stereocenters. The quantitative estimate of drug-likeness (QED) is 0.256. The highest BCUT2D eigenvalue weighted by Crippen LogP contribution is 2.05. The summed E-state index contributed by atoms with van der Waals surface area (Å²) in [6, 6.07) is 0. The summed E-state index contributed by atoms with van der Waals surface area (Å²) in [5, 5.41) is 18.4. The van der Waals surface area contributed by atoms with Gasteiger partial charge in [0.2, 0.25) is 0 Å². The highest BCUT2D eigenvalue weighted by Gasteiger charge is 1.93. The Balaban J connectivity index is 3.32. The fraction of sp³-hybridized carbons (Fsp3) is 0.500. The van der Waals surface area contributed by atoms with E-state index in [1.807, 2.05) is 0 Å². The van der Waals surface area contributed by atoms with Crippen LogP contribution in [0.15, 0.2) is 24.6 Å². The monoisotopic (exact) mass is 182 g/mol. The molecule has 0 aromatic heterocycles. The summed E-state index contributed by atoms with van der Waals surface area (Å²) in [6.45, 7) is 5.49. The van der Waals surface area contributed by atoms with E-state index in [0.717, 1.165) is 37.6 Å². The van der Waals surface area contributed by atoms with E-state index in [4.69, 9.17) is 10.5 Å². The lowest BCUT2D eigenvalue weighted by atomic mass is 10.1. The first kappa shape index (κ1) is 11.8. The Bertz CT molecular complexity index is 197. The van der Waals surface area contributed by atoms with E-state index in [0.29, 0.717) is 5.84 Å². The topological polar surface area (TPSA) is 56.1 Å². The molecule has 0 atom stereocenters. The Morgan fingerprint density at radius 2 is 2.23 bits per heavy atom. The van der Waals surface area contributed by atoms with Crippen molar-refractivity contribution in [2.45, 2.75) is 32.6 Å². The number of aliphatic hydroxyl groups is 1. The van der Waals surface area contributed by atoms with E-state index in [-0.39, 0.29) is 0 Å². The molecule has 0 heterocycles. The summed E-state index contributed by atoms with van der Waals surface area (Å²) in [5.41, 5.74) is 0.889. The maximum Gasteiger partial charge on any atom is 0.0941 e. The molecule has 0 saturated heterocycles. The van der Waals surface area contributed by atoms with Crippen LogP contribution in [0.25, 0.3) is 0 Å². The van der Waals surface area contributed by atoms with Crippen molar-refractivity contribution in [3.63, 3.8) is 0 Å². The Kier molecular flexibility index (Phi) is 6.69. The smallest absolute Gasteiger partial charge is 0.0941 e. The molecule has 0 rings (SSSR count). The summed E-state index contributed by atoms with van der Waals surface area (Å²) in [7, 11) is 0. The number of amidine groups is 1. The zero-order valence-electron chi connectivity index (χ0n) is 8.14. The predicted molar refractivity (Wildman–Crippen MR) is 55.9 cm³/mol. The third kappa shape index (κ3) is 8.66. The number of allylic oxidation sites excluding steroid dienone is 2. The fourth-order valence-corrected chi connectivity index (χ4v) is 1.00. The molecule has 3 N–H and O–H groups in total. The summed E-state index contributed by atoms with van der Waals surface area (Å²) in [4.78, 5) is 0. The summed E-state index contributed by atoms with van der Waals surface area (Å²) in [5.74, 6) is 0.431. The van der Waals surface area contributed by atoms with Gasteiger partial charge in [0.05, 0.1) is 12.1 Å². The Morgan fingerprint density at radius 1 is 1.54 bits per heavy atom. The summed E-state index contributed by atoms with van der Waals surface area (Å²) in [6.07, 6.45) is 6.66. The van der Waals surface area contributed by atoms with E-state index in [1.165, 1.54) is 0 Å². The highest BCUT2D eigenvalue weighted by molar-refractivity contribution is 5.77. The van der Waals surface area contributed by atoms with Crippen molar-refractivity contribution < 1.29 is 5.11 Å².